The van der Waals surface area contributed by atoms with Gasteiger partial charge in [0.25, 0.3) is 0 Å². The van der Waals surface area contributed by atoms with Gasteiger partial charge in [-0.1, -0.05) is 48.5 Å². The van der Waals surface area contributed by atoms with Crippen molar-refractivity contribution in [2.75, 3.05) is 26.7 Å². The quantitative estimate of drug-likeness (QED) is 0.468. The zero-order valence-corrected chi connectivity index (χ0v) is 15.7. The molecule has 2 aromatic carbocycles. The Kier molecular flexibility index (Phi) is 10.6. The first-order valence-corrected chi connectivity index (χ1v) is 8.83. The van der Waals surface area contributed by atoms with Crippen LogP contribution in [0, 0.1) is 0 Å². The van der Waals surface area contributed by atoms with Crippen LogP contribution in [0.15, 0.2) is 60.7 Å². The van der Waals surface area contributed by atoms with Crippen LogP contribution in [-0.2, 0) is 11.2 Å². The third-order valence-electron chi connectivity index (χ3n) is 4.15. The van der Waals surface area contributed by atoms with E-state index in [1.165, 1.54) is 29.8 Å². The summed E-state index contributed by atoms with van der Waals surface area (Å²) in [6.07, 6.45) is 4.51. The highest BCUT2D eigenvalue weighted by Gasteiger charge is 2.07. The SMILES string of the molecule is C[NH+](CCCCc1ccccc1)CCCOC(=O)c1ccccc1.[Cl-]. The van der Waals surface area contributed by atoms with Crippen LogP contribution in [0.25, 0.3) is 0 Å². The van der Waals surface area contributed by atoms with Crippen LogP contribution in [-0.4, -0.2) is 32.7 Å². The number of carbonyl (C=O) groups excluding carboxylic acids is 1. The molecule has 1 N–H and O–H groups in total. The molecule has 0 amide bonds. The highest BCUT2D eigenvalue weighted by Crippen LogP contribution is 2.03. The number of aryl methyl sites for hydroxylation is 1. The van der Waals surface area contributed by atoms with Crippen molar-refractivity contribution in [1.82, 2.24) is 0 Å². The Morgan fingerprint density at radius 1 is 0.880 bits per heavy atom. The second-order valence-corrected chi connectivity index (χ2v) is 6.26. The third kappa shape index (κ3) is 8.71. The number of quaternary nitrogens is 1. The van der Waals surface area contributed by atoms with Crippen molar-refractivity contribution in [3.8, 4) is 0 Å². The molecule has 0 aliphatic rings. The summed E-state index contributed by atoms with van der Waals surface area (Å²) >= 11 is 0. The lowest BCUT2D eigenvalue weighted by atomic mass is 10.1. The first kappa shape index (κ1) is 21.2. The van der Waals surface area contributed by atoms with Gasteiger partial charge in [0.05, 0.1) is 32.3 Å². The molecule has 0 bridgehead atoms. The largest absolute Gasteiger partial charge is 1.00 e. The molecule has 136 valence electrons. The molecule has 0 aromatic heterocycles. The van der Waals surface area contributed by atoms with Gasteiger partial charge in [-0.3, -0.25) is 0 Å². The Balaban J connectivity index is 0.00000312. The third-order valence-corrected chi connectivity index (χ3v) is 4.15. The van der Waals surface area contributed by atoms with Gasteiger partial charge in [-0.05, 0) is 37.0 Å². The number of hydrogen-bond acceptors (Lipinski definition) is 2. The Labute approximate surface area is 157 Å². The molecule has 2 aromatic rings. The molecule has 3 nitrogen and oxygen atoms in total. The lowest BCUT2D eigenvalue weighted by Gasteiger charge is -2.14. The Hall–Kier alpha value is -1.84. The van der Waals surface area contributed by atoms with E-state index in [1.54, 1.807) is 12.1 Å². The van der Waals surface area contributed by atoms with Crippen LogP contribution in [0.1, 0.15) is 35.2 Å². The fourth-order valence-electron chi connectivity index (χ4n) is 2.72. The summed E-state index contributed by atoms with van der Waals surface area (Å²) in [5.41, 5.74) is 2.04. The average Bonchev–Trinajstić information content (AvgIpc) is 2.64. The van der Waals surface area contributed by atoms with Crippen molar-refractivity contribution >= 4 is 5.97 Å². The van der Waals surface area contributed by atoms with Crippen LogP contribution >= 0.6 is 0 Å². The van der Waals surface area contributed by atoms with Gasteiger partial charge >= 0.3 is 5.97 Å². The lowest BCUT2D eigenvalue weighted by Crippen LogP contribution is -3.09. The molecule has 25 heavy (non-hydrogen) atoms. The molecule has 4 heteroatoms. The monoisotopic (exact) mass is 361 g/mol. The van der Waals surface area contributed by atoms with Gasteiger partial charge in [0.15, 0.2) is 0 Å². The van der Waals surface area contributed by atoms with Crippen molar-refractivity contribution in [2.45, 2.75) is 25.7 Å². The molecule has 2 rings (SSSR count). The molecule has 0 fully saturated rings. The number of carbonyl (C=O) groups is 1. The summed E-state index contributed by atoms with van der Waals surface area (Å²) in [7, 11) is 2.21. The van der Waals surface area contributed by atoms with Gasteiger partial charge < -0.3 is 22.0 Å². The maximum atomic E-state index is 11.8. The summed E-state index contributed by atoms with van der Waals surface area (Å²) < 4.78 is 5.31. The van der Waals surface area contributed by atoms with Crippen molar-refractivity contribution in [1.29, 1.82) is 0 Å². The minimum absolute atomic E-state index is 0. The summed E-state index contributed by atoms with van der Waals surface area (Å²) in [5.74, 6) is -0.226. The number of esters is 1. The van der Waals surface area contributed by atoms with E-state index in [0.717, 1.165) is 19.4 Å². The molecule has 0 saturated heterocycles. The molecule has 0 spiro atoms. The van der Waals surface area contributed by atoms with Gasteiger partial charge in [-0.15, -0.1) is 0 Å². The number of rotatable bonds is 10. The second kappa shape index (κ2) is 12.5. The zero-order valence-electron chi connectivity index (χ0n) is 14.9. The topological polar surface area (TPSA) is 30.7 Å². The van der Waals surface area contributed by atoms with Crippen molar-refractivity contribution in [3.05, 3.63) is 71.8 Å². The molecule has 0 aliphatic carbocycles. The molecule has 1 atom stereocenters. The van der Waals surface area contributed by atoms with E-state index in [4.69, 9.17) is 4.74 Å². The molecule has 0 radical (unpaired) electrons. The van der Waals surface area contributed by atoms with Gasteiger partial charge in [-0.25, -0.2) is 4.79 Å². The average molecular weight is 362 g/mol. The Bertz CT molecular complexity index is 589. The molecular formula is C21H28ClNO2. The number of halogens is 1. The summed E-state index contributed by atoms with van der Waals surface area (Å²) in [5, 5.41) is 0. The van der Waals surface area contributed by atoms with Crippen LogP contribution in [0.3, 0.4) is 0 Å². The minimum Gasteiger partial charge on any atom is -1.00 e. The summed E-state index contributed by atoms with van der Waals surface area (Å²) in [6.45, 7) is 2.70. The first-order valence-electron chi connectivity index (χ1n) is 8.83. The first-order chi connectivity index (χ1) is 11.8. The van der Waals surface area contributed by atoms with E-state index in [1.807, 2.05) is 18.2 Å². The van der Waals surface area contributed by atoms with Gasteiger partial charge in [0.1, 0.15) is 0 Å². The Morgan fingerprint density at radius 3 is 2.16 bits per heavy atom. The van der Waals surface area contributed by atoms with Gasteiger partial charge in [-0.2, -0.15) is 0 Å². The molecule has 0 aliphatic heterocycles. The van der Waals surface area contributed by atoms with Crippen LogP contribution < -0.4 is 17.3 Å². The lowest BCUT2D eigenvalue weighted by molar-refractivity contribution is -0.880. The van der Waals surface area contributed by atoms with Gasteiger partial charge in [0.2, 0.25) is 0 Å². The smallest absolute Gasteiger partial charge is 0.338 e. The van der Waals surface area contributed by atoms with E-state index >= 15 is 0 Å². The van der Waals surface area contributed by atoms with E-state index in [9.17, 15) is 4.79 Å². The van der Waals surface area contributed by atoms with Crippen LogP contribution in [0.4, 0.5) is 0 Å². The number of hydrogen-bond donors (Lipinski definition) is 1. The summed E-state index contributed by atoms with van der Waals surface area (Å²) in [6, 6.07) is 19.8. The van der Waals surface area contributed by atoms with Crippen molar-refractivity contribution in [3.63, 3.8) is 0 Å². The van der Waals surface area contributed by atoms with Crippen LogP contribution in [0.2, 0.25) is 0 Å². The molecule has 1 unspecified atom stereocenters. The van der Waals surface area contributed by atoms with Crippen molar-refractivity contribution < 1.29 is 26.8 Å². The van der Waals surface area contributed by atoms with E-state index in [-0.39, 0.29) is 18.4 Å². The van der Waals surface area contributed by atoms with Crippen molar-refractivity contribution in [2.24, 2.45) is 0 Å². The maximum Gasteiger partial charge on any atom is 0.338 e. The predicted molar refractivity (Wildman–Crippen MR) is 97.3 cm³/mol. The highest BCUT2D eigenvalue weighted by molar-refractivity contribution is 5.89. The predicted octanol–water partition coefficient (Wildman–Crippen LogP) is -0.225. The minimum atomic E-state index is -0.226. The number of nitrogens with one attached hydrogen (secondary N) is 1. The Morgan fingerprint density at radius 2 is 1.48 bits per heavy atom. The van der Waals surface area contributed by atoms with Gasteiger partial charge in [0, 0.05) is 6.42 Å². The number of benzene rings is 2. The number of ether oxygens (including phenoxy) is 1. The standard InChI is InChI=1S/C21H27NO2.ClH/c1-22(16-9-8-13-19-11-4-2-5-12-19)17-10-18-24-21(23)20-14-6-3-7-15-20;/h2-7,11-12,14-15H,8-10,13,16-18H2,1H3;1H. The van der Waals surface area contributed by atoms with E-state index < -0.39 is 0 Å². The molecule has 0 saturated carbocycles. The fraction of sp³-hybridized carbons (Fsp3) is 0.381. The summed E-state index contributed by atoms with van der Waals surface area (Å²) in [4.78, 5) is 13.3. The van der Waals surface area contributed by atoms with Crippen LogP contribution in [0.5, 0.6) is 0 Å². The maximum absolute atomic E-state index is 11.8. The number of unbranched alkanes of at least 4 members (excludes halogenated alkanes) is 1. The van der Waals surface area contributed by atoms with E-state index in [0.29, 0.717) is 12.2 Å². The second-order valence-electron chi connectivity index (χ2n) is 6.26. The normalized spacial score (nSPS) is 11.4. The highest BCUT2D eigenvalue weighted by atomic mass is 35.5. The molecule has 0 heterocycles. The fourth-order valence-corrected chi connectivity index (χ4v) is 2.72. The zero-order chi connectivity index (χ0) is 17.0. The molecular weight excluding hydrogens is 334 g/mol. The van der Waals surface area contributed by atoms with E-state index in [2.05, 4.69) is 37.4 Å².